The Morgan fingerprint density at radius 1 is 1.20 bits per heavy atom. The number of ether oxygens (including phenoxy) is 2. The number of para-hydroxylation sites is 1. The lowest BCUT2D eigenvalue weighted by atomic mass is 10.1. The van der Waals surface area contributed by atoms with Gasteiger partial charge in [-0.3, -0.25) is 10.1 Å². The summed E-state index contributed by atoms with van der Waals surface area (Å²) in [5, 5.41) is 4.44. The average Bonchev–Trinajstić information content (AvgIpc) is 3.25. The Morgan fingerprint density at radius 2 is 2.08 bits per heavy atom. The number of carbonyl (C=O) groups is 1. The molecule has 1 aliphatic rings. The number of hydrogen-bond donors (Lipinski definition) is 1. The van der Waals surface area contributed by atoms with Crippen molar-refractivity contribution < 1.29 is 23.0 Å². The smallest absolute Gasteiger partial charge is 0.261 e. The van der Waals surface area contributed by atoms with Crippen LogP contribution >= 0.6 is 11.3 Å². The molecule has 4 rings (SSSR count). The van der Waals surface area contributed by atoms with E-state index in [1.165, 1.54) is 0 Å². The number of amides is 1. The first-order chi connectivity index (χ1) is 12.1. The molecule has 8 heteroatoms. The molecule has 2 aromatic carbocycles. The highest BCUT2D eigenvalue weighted by Crippen LogP contribution is 2.36. The predicted molar refractivity (Wildman–Crippen MR) is 88.0 cm³/mol. The molecule has 25 heavy (non-hydrogen) atoms. The monoisotopic (exact) mass is 360 g/mol. The molecule has 1 N–H and O–H groups in total. The summed E-state index contributed by atoms with van der Waals surface area (Å²) < 4.78 is 37.7. The molecule has 126 valence electrons. The zero-order valence-corrected chi connectivity index (χ0v) is 13.4. The van der Waals surface area contributed by atoms with E-state index < -0.39 is 17.5 Å². The number of nitrogens with one attached hydrogen (secondary N) is 1. The Labute approximate surface area is 144 Å². The molecule has 0 aliphatic carbocycles. The summed E-state index contributed by atoms with van der Waals surface area (Å²) in [6.07, 6.45) is 0. The summed E-state index contributed by atoms with van der Waals surface area (Å²) in [6, 6.07) is 8.11. The fraction of sp³-hybridized carbons (Fsp3) is 0.0588. The number of anilines is 1. The molecule has 0 radical (unpaired) electrons. The van der Waals surface area contributed by atoms with E-state index >= 15 is 0 Å². The minimum absolute atomic E-state index is 0.0362. The highest BCUT2D eigenvalue weighted by molar-refractivity contribution is 7.14. The number of fused-ring (bicyclic) bond motifs is 1. The van der Waals surface area contributed by atoms with E-state index in [9.17, 15) is 13.6 Å². The van der Waals surface area contributed by atoms with Gasteiger partial charge in [0.05, 0.1) is 11.3 Å². The van der Waals surface area contributed by atoms with Gasteiger partial charge in [0, 0.05) is 10.9 Å². The molecular weight excluding hydrogens is 350 g/mol. The lowest BCUT2D eigenvalue weighted by molar-refractivity contribution is 0.102. The molecule has 0 saturated carbocycles. The third-order valence-electron chi connectivity index (χ3n) is 3.57. The van der Waals surface area contributed by atoms with Crippen molar-refractivity contribution in [2.45, 2.75) is 0 Å². The molecule has 2 heterocycles. The zero-order valence-electron chi connectivity index (χ0n) is 12.6. The van der Waals surface area contributed by atoms with E-state index in [1.54, 1.807) is 23.6 Å². The Morgan fingerprint density at radius 3 is 2.96 bits per heavy atom. The van der Waals surface area contributed by atoms with Gasteiger partial charge in [-0.1, -0.05) is 6.07 Å². The van der Waals surface area contributed by atoms with Gasteiger partial charge in [-0.2, -0.15) is 0 Å². The molecule has 1 amide bonds. The third-order valence-corrected chi connectivity index (χ3v) is 4.33. The highest BCUT2D eigenvalue weighted by atomic mass is 32.1. The van der Waals surface area contributed by atoms with Crippen LogP contribution in [0.3, 0.4) is 0 Å². The van der Waals surface area contributed by atoms with Crippen LogP contribution in [0.25, 0.3) is 11.3 Å². The molecule has 1 aromatic heterocycles. The summed E-state index contributed by atoms with van der Waals surface area (Å²) in [7, 11) is 0. The first kappa shape index (κ1) is 15.5. The van der Waals surface area contributed by atoms with Crippen molar-refractivity contribution in [3.05, 3.63) is 59.0 Å². The summed E-state index contributed by atoms with van der Waals surface area (Å²) in [5.74, 6) is -0.715. The summed E-state index contributed by atoms with van der Waals surface area (Å²) in [6.45, 7) is 0.0554. The maximum atomic E-state index is 13.8. The molecule has 3 aromatic rings. The van der Waals surface area contributed by atoms with Gasteiger partial charge in [0.25, 0.3) is 5.91 Å². The van der Waals surface area contributed by atoms with Crippen molar-refractivity contribution in [2.24, 2.45) is 0 Å². The second kappa shape index (κ2) is 6.14. The van der Waals surface area contributed by atoms with Crippen molar-refractivity contribution >= 4 is 22.4 Å². The van der Waals surface area contributed by atoms with Crippen molar-refractivity contribution in [1.29, 1.82) is 0 Å². The van der Waals surface area contributed by atoms with Crippen LogP contribution in [0.4, 0.5) is 13.9 Å². The van der Waals surface area contributed by atoms with Gasteiger partial charge >= 0.3 is 0 Å². The number of nitrogens with zero attached hydrogens (tertiary/aromatic N) is 1. The van der Waals surface area contributed by atoms with E-state index in [0.29, 0.717) is 17.1 Å². The number of rotatable bonds is 3. The summed E-state index contributed by atoms with van der Waals surface area (Å²) in [4.78, 5) is 16.6. The average molecular weight is 360 g/mol. The van der Waals surface area contributed by atoms with Crippen LogP contribution < -0.4 is 14.8 Å². The van der Waals surface area contributed by atoms with Crippen LogP contribution in [0.1, 0.15) is 10.4 Å². The van der Waals surface area contributed by atoms with E-state index in [4.69, 9.17) is 9.47 Å². The quantitative estimate of drug-likeness (QED) is 0.765. The van der Waals surface area contributed by atoms with E-state index in [-0.39, 0.29) is 23.2 Å². The summed E-state index contributed by atoms with van der Waals surface area (Å²) in [5.41, 5.74) is 0.591. The van der Waals surface area contributed by atoms with E-state index in [0.717, 1.165) is 29.5 Å². The van der Waals surface area contributed by atoms with Crippen LogP contribution in [0, 0.1) is 11.6 Å². The van der Waals surface area contributed by atoms with Gasteiger partial charge in [0.1, 0.15) is 11.6 Å². The number of carbonyl (C=O) groups excluding carboxylic acids is 1. The van der Waals surface area contributed by atoms with Gasteiger partial charge in [-0.25, -0.2) is 13.8 Å². The molecule has 5 nitrogen and oxygen atoms in total. The normalized spacial score (nSPS) is 12.2. The molecule has 1 aliphatic heterocycles. The first-order valence-electron chi connectivity index (χ1n) is 7.23. The molecule has 0 saturated heterocycles. The largest absolute Gasteiger partial charge is 0.454 e. The van der Waals surface area contributed by atoms with Crippen molar-refractivity contribution in [2.75, 3.05) is 12.1 Å². The minimum atomic E-state index is -0.587. The van der Waals surface area contributed by atoms with Crippen LogP contribution in [0.2, 0.25) is 0 Å². The minimum Gasteiger partial charge on any atom is -0.454 e. The van der Waals surface area contributed by atoms with E-state index in [1.807, 2.05) is 0 Å². The van der Waals surface area contributed by atoms with E-state index in [2.05, 4.69) is 10.3 Å². The lowest BCUT2D eigenvalue weighted by Crippen LogP contribution is -2.12. The number of hydrogen-bond acceptors (Lipinski definition) is 5. The molecule has 0 unspecified atom stereocenters. The van der Waals surface area contributed by atoms with Crippen molar-refractivity contribution in [1.82, 2.24) is 4.98 Å². The van der Waals surface area contributed by atoms with Crippen LogP contribution in [0.5, 0.6) is 11.5 Å². The fourth-order valence-corrected chi connectivity index (χ4v) is 3.13. The number of thiazole rings is 1. The lowest BCUT2D eigenvalue weighted by Gasteiger charge is -2.05. The maximum absolute atomic E-state index is 13.8. The van der Waals surface area contributed by atoms with Gasteiger partial charge in [-0.05, 0) is 30.3 Å². The second-order valence-electron chi connectivity index (χ2n) is 5.16. The molecule has 0 atom stereocenters. The zero-order chi connectivity index (χ0) is 17.4. The van der Waals surface area contributed by atoms with Gasteiger partial charge in [-0.15, -0.1) is 11.3 Å². The van der Waals surface area contributed by atoms with Crippen LogP contribution in [0.15, 0.2) is 41.8 Å². The first-order valence-corrected chi connectivity index (χ1v) is 8.11. The molecular formula is C17H10F2N2O3S. The maximum Gasteiger partial charge on any atom is 0.261 e. The van der Waals surface area contributed by atoms with Crippen LogP contribution in [-0.2, 0) is 0 Å². The fourth-order valence-electron chi connectivity index (χ4n) is 2.42. The van der Waals surface area contributed by atoms with Gasteiger partial charge < -0.3 is 9.47 Å². The predicted octanol–water partition coefficient (Wildman–Crippen LogP) is 4.07. The highest BCUT2D eigenvalue weighted by Gasteiger charge is 2.22. The van der Waals surface area contributed by atoms with Crippen molar-refractivity contribution in [3.8, 4) is 22.8 Å². The number of benzene rings is 2. The van der Waals surface area contributed by atoms with Crippen LogP contribution in [-0.4, -0.2) is 17.7 Å². The second-order valence-corrected chi connectivity index (χ2v) is 6.01. The molecule has 0 fully saturated rings. The van der Waals surface area contributed by atoms with Crippen molar-refractivity contribution in [3.63, 3.8) is 0 Å². The standard InChI is InChI=1S/C17H10F2N2O3S/c18-9-4-5-12(19)11(6-9)13-7-25-17(20-13)21-16(22)10-2-1-3-14-15(10)24-8-23-14/h1-7H,8H2,(H,20,21,22). The SMILES string of the molecule is O=C(Nc1nc(-c2cc(F)ccc2F)cs1)c1cccc2c1OCO2. The number of halogens is 2. The van der Waals surface area contributed by atoms with Gasteiger partial charge in [0.2, 0.25) is 6.79 Å². The molecule has 0 spiro atoms. The Hall–Kier alpha value is -3.00. The van der Waals surface area contributed by atoms with Gasteiger partial charge in [0.15, 0.2) is 16.6 Å². The third kappa shape index (κ3) is 2.91. The Balaban J connectivity index is 1.59. The number of aromatic nitrogens is 1. The molecule has 0 bridgehead atoms. The summed E-state index contributed by atoms with van der Waals surface area (Å²) >= 11 is 1.11. The Kier molecular flexibility index (Phi) is 3.81. The topological polar surface area (TPSA) is 60.5 Å². The Bertz CT molecular complexity index is 974.